The van der Waals surface area contributed by atoms with Crippen molar-refractivity contribution in [3.63, 3.8) is 0 Å². The van der Waals surface area contributed by atoms with Gasteiger partial charge in [-0.05, 0) is 47.5 Å². The molecule has 0 bridgehead atoms. The number of hydrogen-bond acceptors (Lipinski definition) is 5. The number of pyridine rings is 1. The normalized spacial score (nSPS) is 12.1. The van der Waals surface area contributed by atoms with Crippen molar-refractivity contribution in [2.45, 2.75) is 19.1 Å². The number of nitrogens with one attached hydrogen (secondary N) is 1. The molecule has 15 heteroatoms. The molecule has 0 aliphatic rings. The molecule has 0 aliphatic heterocycles. The molecule has 3 aromatic heterocycles. The van der Waals surface area contributed by atoms with Crippen molar-refractivity contribution in [2.75, 3.05) is 6.61 Å². The van der Waals surface area contributed by atoms with Crippen LogP contribution < -0.4 is 9.41 Å². The van der Waals surface area contributed by atoms with Crippen molar-refractivity contribution >= 4 is 29.2 Å². The Balaban J connectivity index is 1.53. The molecular weight excluding hydrogens is 600 g/mol. The first-order chi connectivity index (χ1) is 20.1. The SMILES string of the molecule is O=C(O)c1ccc(-c2cnn([C@@H](CCOC(F)F)c3ccc(-c4c(-[n+]5cc(Cl)n[nH]5)ccc(Cl)c4F)c[n+]3[O-])c2)cc1. The van der Waals surface area contributed by atoms with E-state index in [0.717, 1.165) is 6.20 Å². The Bertz CT molecular complexity index is 1750. The van der Waals surface area contributed by atoms with Crippen LogP contribution >= 0.6 is 23.2 Å². The van der Waals surface area contributed by atoms with Crippen molar-refractivity contribution in [2.24, 2.45) is 0 Å². The van der Waals surface area contributed by atoms with Gasteiger partial charge in [-0.2, -0.15) is 18.6 Å². The summed E-state index contributed by atoms with van der Waals surface area (Å²) in [5, 5.41) is 33.2. The maximum absolute atomic E-state index is 15.3. The summed E-state index contributed by atoms with van der Waals surface area (Å²) in [6, 6.07) is 11.0. The highest BCUT2D eigenvalue weighted by atomic mass is 35.5. The summed E-state index contributed by atoms with van der Waals surface area (Å²) in [5.74, 6) is -1.86. The number of aromatic carboxylic acids is 1. The lowest BCUT2D eigenvalue weighted by Crippen LogP contribution is -2.36. The lowest BCUT2D eigenvalue weighted by atomic mass is 10.0. The van der Waals surface area contributed by atoms with Crippen LogP contribution in [0.4, 0.5) is 13.2 Å². The van der Waals surface area contributed by atoms with Gasteiger partial charge in [0, 0.05) is 24.2 Å². The van der Waals surface area contributed by atoms with Crippen LogP contribution in [0, 0.1) is 11.0 Å². The number of hydrogen-bond donors (Lipinski definition) is 2. The van der Waals surface area contributed by atoms with E-state index in [-0.39, 0.29) is 44.7 Å². The molecule has 0 saturated heterocycles. The minimum Gasteiger partial charge on any atom is -0.618 e. The van der Waals surface area contributed by atoms with E-state index in [4.69, 9.17) is 28.3 Å². The van der Waals surface area contributed by atoms with E-state index in [0.29, 0.717) is 15.9 Å². The van der Waals surface area contributed by atoms with Crippen LogP contribution in [0.3, 0.4) is 0 Å². The Morgan fingerprint density at radius 2 is 1.81 bits per heavy atom. The van der Waals surface area contributed by atoms with Crippen LogP contribution in [0.1, 0.15) is 28.5 Å². The van der Waals surface area contributed by atoms with Gasteiger partial charge in [0.1, 0.15) is 6.04 Å². The third kappa shape index (κ3) is 6.08. The summed E-state index contributed by atoms with van der Waals surface area (Å²) in [5.41, 5.74) is 1.91. The molecule has 216 valence electrons. The number of ether oxygens (including phenoxy) is 1. The molecule has 0 spiro atoms. The van der Waals surface area contributed by atoms with Crippen LogP contribution in [0.15, 0.2) is 73.3 Å². The molecule has 0 aliphatic carbocycles. The van der Waals surface area contributed by atoms with Crippen molar-refractivity contribution in [3.8, 4) is 27.9 Å². The molecule has 0 fully saturated rings. The van der Waals surface area contributed by atoms with Gasteiger partial charge in [0.25, 0.3) is 0 Å². The fourth-order valence-electron chi connectivity index (χ4n) is 4.45. The number of alkyl halides is 2. The van der Waals surface area contributed by atoms with Gasteiger partial charge in [-0.15, -0.1) is 4.68 Å². The number of halogens is 5. The zero-order chi connectivity index (χ0) is 30.0. The summed E-state index contributed by atoms with van der Waals surface area (Å²) >= 11 is 12.0. The highest BCUT2D eigenvalue weighted by Crippen LogP contribution is 2.32. The summed E-state index contributed by atoms with van der Waals surface area (Å²) in [6.45, 7) is -3.40. The van der Waals surface area contributed by atoms with Gasteiger partial charge < -0.3 is 15.1 Å². The van der Waals surface area contributed by atoms with Crippen LogP contribution in [0.5, 0.6) is 0 Å². The Kier molecular flexibility index (Phi) is 8.43. The van der Waals surface area contributed by atoms with Gasteiger partial charge in [-0.3, -0.25) is 4.68 Å². The van der Waals surface area contributed by atoms with E-state index in [9.17, 15) is 18.8 Å². The number of H-pyrrole nitrogens is 1. The number of rotatable bonds is 10. The molecule has 1 atom stereocenters. The quantitative estimate of drug-likeness (QED) is 0.163. The van der Waals surface area contributed by atoms with E-state index < -0.39 is 31.0 Å². The molecule has 0 saturated carbocycles. The number of carbonyl (C=O) groups is 1. The van der Waals surface area contributed by atoms with E-state index in [1.165, 1.54) is 58.2 Å². The molecule has 42 heavy (non-hydrogen) atoms. The third-order valence-electron chi connectivity index (χ3n) is 6.43. The Hall–Kier alpha value is -4.46. The fraction of sp³-hybridized carbons (Fsp3) is 0.148. The molecule has 10 nitrogen and oxygen atoms in total. The van der Waals surface area contributed by atoms with Gasteiger partial charge in [-0.1, -0.05) is 28.9 Å². The molecule has 5 rings (SSSR count). The summed E-state index contributed by atoms with van der Waals surface area (Å²) in [7, 11) is 0. The van der Waals surface area contributed by atoms with Gasteiger partial charge in [-0.25, -0.2) is 9.18 Å². The number of aromatic amines is 1. The Labute approximate surface area is 245 Å². The Morgan fingerprint density at radius 3 is 2.45 bits per heavy atom. The average Bonchev–Trinajstić information content (AvgIpc) is 3.62. The van der Waals surface area contributed by atoms with Crippen molar-refractivity contribution in [1.82, 2.24) is 20.1 Å². The van der Waals surface area contributed by atoms with E-state index in [1.807, 2.05) is 0 Å². The highest BCUT2D eigenvalue weighted by molar-refractivity contribution is 6.31. The van der Waals surface area contributed by atoms with Crippen LogP contribution in [-0.4, -0.2) is 44.4 Å². The molecule has 0 amide bonds. The third-order valence-corrected chi connectivity index (χ3v) is 6.90. The van der Waals surface area contributed by atoms with Crippen molar-refractivity contribution in [1.29, 1.82) is 0 Å². The van der Waals surface area contributed by atoms with Gasteiger partial charge in [0.05, 0.1) is 39.6 Å². The standard InChI is InChI=1S/C27H19Cl2F3N6O4/c28-19-6-8-22(37-14-23(29)34-35-37)24(25(19)30)17-5-7-21(38(41)13-17)20(9-10-42-27(31)32)36-12-18(11-33-36)15-1-3-16(4-2-15)26(39)40/h1-8,11-14,20,27H,9-10H2,(H,39,40)/p+1/t20-/m0/s1. The molecular formula is C27H20Cl2F3N6O4+. The molecule has 5 aromatic rings. The first-order valence-electron chi connectivity index (χ1n) is 12.2. The monoisotopic (exact) mass is 619 g/mol. The minimum absolute atomic E-state index is 0.00673. The molecule has 2 aromatic carbocycles. The first kappa shape index (κ1) is 29.0. The number of nitrogens with zero attached hydrogens (tertiary/aromatic N) is 5. The van der Waals surface area contributed by atoms with Crippen LogP contribution in [-0.2, 0) is 4.74 Å². The second-order valence-electron chi connectivity index (χ2n) is 8.98. The number of benzene rings is 2. The van der Waals surface area contributed by atoms with Gasteiger partial charge in [0.2, 0.25) is 5.69 Å². The molecule has 3 heterocycles. The van der Waals surface area contributed by atoms with E-state index in [2.05, 4.69) is 20.1 Å². The number of carboxylic acid groups (broad SMARTS) is 1. The topological polar surface area (TPSA) is 124 Å². The molecule has 0 unspecified atom stereocenters. The molecule has 0 radical (unpaired) electrons. The second kappa shape index (κ2) is 12.2. The van der Waals surface area contributed by atoms with Crippen LogP contribution in [0.2, 0.25) is 10.2 Å². The average molecular weight is 620 g/mol. The fourth-order valence-corrected chi connectivity index (χ4v) is 4.74. The van der Waals surface area contributed by atoms with E-state index >= 15 is 4.39 Å². The van der Waals surface area contributed by atoms with Gasteiger partial charge >= 0.3 is 17.7 Å². The zero-order valence-electron chi connectivity index (χ0n) is 21.3. The minimum atomic E-state index is -3.01. The number of carboxylic acids is 1. The highest BCUT2D eigenvalue weighted by Gasteiger charge is 2.27. The molecule has 2 N–H and O–H groups in total. The van der Waals surface area contributed by atoms with Crippen LogP contribution in [0.25, 0.3) is 27.9 Å². The first-order valence-corrected chi connectivity index (χ1v) is 13.0. The second-order valence-corrected chi connectivity index (χ2v) is 9.78. The lowest BCUT2D eigenvalue weighted by molar-refractivity contribution is -0.659. The Morgan fingerprint density at radius 1 is 1.07 bits per heavy atom. The summed E-state index contributed by atoms with van der Waals surface area (Å²) in [6.07, 6.45) is 5.61. The lowest BCUT2D eigenvalue weighted by Gasteiger charge is -2.18. The van der Waals surface area contributed by atoms with Gasteiger partial charge in [0.15, 0.2) is 23.9 Å². The summed E-state index contributed by atoms with van der Waals surface area (Å²) in [4.78, 5) is 11.2. The maximum Gasteiger partial charge on any atom is 0.345 e. The van der Waals surface area contributed by atoms with Crippen molar-refractivity contribution in [3.05, 3.63) is 106 Å². The van der Waals surface area contributed by atoms with Crippen molar-refractivity contribution < 1.29 is 37.2 Å². The number of aromatic nitrogens is 6. The van der Waals surface area contributed by atoms with E-state index in [1.54, 1.807) is 18.3 Å². The zero-order valence-corrected chi connectivity index (χ0v) is 22.8. The smallest absolute Gasteiger partial charge is 0.345 e. The summed E-state index contributed by atoms with van der Waals surface area (Å²) < 4.78 is 48.6. The maximum atomic E-state index is 15.3. The predicted octanol–water partition coefficient (Wildman–Crippen LogP) is 5.21. The largest absolute Gasteiger partial charge is 0.618 e. The predicted molar refractivity (Wildman–Crippen MR) is 144 cm³/mol.